The smallest absolute Gasteiger partial charge is 0.271 e. The van der Waals surface area contributed by atoms with Crippen LogP contribution in [0.25, 0.3) is 10.9 Å². The largest absolute Gasteiger partial charge is 0.497 e. The molecule has 1 N–H and O–H groups in total. The van der Waals surface area contributed by atoms with Gasteiger partial charge in [0.2, 0.25) is 5.91 Å². The van der Waals surface area contributed by atoms with Gasteiger partial charge in [0.05, 0.1) is 32.4 Å². The molecule has 0 saturated carbocycles. The fourth-order valence-electron chi connectivity index (χ4n) is 5.02. The third kappa shape index (κ3) is 4.23. The molecule has 0 aliphatic carbocycles. The van der Waals surface area contributed by atoms with Crippen molar-refractivity contribution in [3.8, 4) is 11.5 Å². The molecule has 1 saturated heterocycles. The van der Waals surface area contributed by atoms with Gasteiger partial charge in [-0.25, -0.2) is 0 Å². The molecular weight excluding hydrogens is 446 g/mol. The summed E-state index contributed by atoms with van der Waals surface area (Å²) >= 11 is 0. The molecule has 0 bridgehead atoms. The second kappa shape index (κ2) is 9.26. The second-order valence-corrected chi connectivity index (χ2v) is 9.40. The summed E-state index contributed by atoms with van der Waals surface area (Å²) in [4.78, 5) is 29.3. The van der Waals surface area contributed by atoms with E-state index in [0.717, 1.165) is 41.7 Å². The number of nitrogens with one attached hydrogen (secondary N) is 1. The van der Waals surface area contributed by atoms with Crippen molar-refractivity contribution in [2.45, 2.75) is 44.5 Å². The quantitative estimate of drug-likeness (QED) is 0.564. The number of rotatable bonds is 7. The molecule has 8 nitrogen and oxygen atoms in total. The Kier molecular flexibility index (Phi) is 6.15. The Hall–Kier alpha value is -3.52. The Morgan fingerprint density at radius 2 is 1.86 bits per heavy atom. The molecule has 2 atom stereocenters. The normalized spacial score (nSPS) is 21.7. The van der Waals surface area contributed by atoms with Crippen LogP contribution in [0.4, 0.5) is 0 Å². The molecule has 1 aromatic heterocycles. The monoisotopic (exact) mass is 477 g/mol. The van der Waals surface area contributed by atoms with E-state index < -0.39 is 5.54 Å². The molecule has 5 rings (SSSR count). The number of fused-ring (bicyclic) bond motifs is 3. The molecule has 1 fully saturated rings. The Morgan fingerprint density at radius 1 is 1.11 bits per heavy atom. The van der Waals surface area contributed by atoms with E-state index in [0.29, 0.717) is 31.1 Å². The maximum atomic E-state index is 13.9. The van der Waals surface area contributed by atoms with E-state index in [9.17, 15) is 9.59 Å². The Balaban J connectivity index is 1.52. The molecule has 0 spiro atoms. The first kappa shape index (κ1) is 23.2. The number of methoxy groups -OCH3 is 2. The number of carbonyl (C=O) groups is 2. The summed E-state index contributed by atoms with van der Waals surface area (Å²) in [5.41, 5.74) is 1.25. The van der Waals surface area contributed by atoms with E-state index in [1.165, 1.54) is 0 Å². The number of nitrogens with zero attached hydrogens (tertiary/aromatic N) is 2. The van der Waals surface area contributed by atoms with Crippen molar-refractivity contribution < 1.29 is 23.8 Å². The highest BCUT2D eigenvalue weighted by Crippen LogP contribution is 2.35. The average molecular weight is 478 g/mol. The topological polar surface area (TPSA) is 82.0 Å². The number of amides is 2. The average Bonchev–Trinajstić information content (AvgIpc) is 3.53. The standard InChI is InChI=1S/C27H31N3O5/c1-27(26(32)28-15-22-5-4-12-35-22)17-29-23-14-21(34-3)11-8-19(23)13-24(29)25(31)30(27)16-18-6-9-20(33-2)10-7-18/h6-11,13-14,22H,4-5,12,15-17H2,1-3H3,(H,28,32)/t22-,27+/m1/s1. The van der Waals surface area contributed by atoms with Crippen molar-refractivity contribution >= 4 is 22.7 Å². The van der Waals surface area contributed by atoms with Crippen molar-refractivity contribution in [2.75, 3.05) is 27.4 Å². The summed E-state index contributed by atoms with van der Waals surface area (Å²) in [5, 5.41) is 4.00. The highest BCUT2D eigenvalue weighted by Gasteiger charge is 2.47. The van der Waals surface area contributed by atoms with Crippen LogP contribution in [0.2, 0.25) is 0 Å². The zero-order chi connectivity index (χ0) is 24.6. The van der Waals surface area contributed by atoms with Gasteiger partial charge in [-0.3, -0.25) is 9.59 Å². The molecule has 2 aromatic carbocycles. The minimum absolute atomic E-state index is 0.0177. The summed E-state index contributed by atoms with van der Waals surface area (Å²) in [6.07, 6.45) is 1.95. The van der Waals surface area contributed by atoms with Gasteiger partial charge in [0, 0.05) is 31.1 Å². The fourth-order valence-corrected chi connectivity index (χ4v) is 5.02. The number of benzene rings is 2. The zero-order valence-corrected chi connectivity index (χ0v) is 20.4. The molecule has 3 heterocycles. The van der Waals surface area contributed by atoms with Crippen LogP contribution in [0.1, 0.15) is 35.8 Å². The maximum absolute atomic E-state index is 13.9. The number of ether oxygens (including phenoxy) is 3. The first-order valence-corrected chi connectivity index (χ1v) is 11.9. The van der Waals surface area contributed by atoms with Gasteiger partial charge in [0.25, 0.3) is 5.91 Å². The first-order chi connectivity index (χ1) is 16.9. The van der Waals surface area contributed by atoms with Crippen LogP contribution in [0.15, 0.2) is 48.5 Å². The maximum Gasteiger partial charge on any atom is 0.271 e. The predicted octanol–water partition coefficient (Wildman–Crippen LogP) is 3.37. The fraction of sp³-hybridized carbons (Fsp3) is 0.407. The van der Waals surface area contributed by atoms with Gasteiger partial charge in [-0.1, -0.05) is 12.1 Å². The summed E-state index contributed by atoms with van der Waals surface area (Å²) in [7, 11) is 3.23. The second-order valence-electron chi connectivity index (χ2n) is 9.40. The van der Waals surface area contributed by atoms with Gasteiger partial charge in [-0.15, -0.1) is 0 Å². The van der Waals surface area contributed by atoms with Gasteiger partial charge >= 0.3 is 0 Å². The van der Waals surface area contributed by atoms with Crippen LogP contribution >= 0.6 is 0 Å². The summed E-state index contributed by atoms with van der Waals surface area (Å²) in [6.45, 7) is 3.64. The Morgan fingerprint density at radius 3 is 2.54 bits per heavy atom. The molecule has 2 aliphatic rings. The molecule has 0 unspecified atom stereocenters. The van der Waals surface area contributed by atoms with Crippen LogP contribution in [0, 0.1) is 0 Å². The molecule has 184 valence electrons. The van der Waals surface area contributed by atoms with Crippen molar-refractivity contribution in [3.63, 3.8) is 0 Å². The zero-order valence-electron chi connectivity index (χ0n) is 20.4. The van der Waals surface area contributed by atoms with E-state index in [4.69, 9.17) is 14.2 Å². The van der Waals surface area contributed by atoms with Gasteiger partial charge in [-0.05, 0) is 55.7 Å². The van der Waals surface area contributed by atoms with Gasteiger partial charge < -0.3 is 29.0 Å². The highest BCUT2D eigenvalue weighted by atomic mass is 16.5. The number of hydrogen-bond donors (Lipinski definition) is 1. The number of hydrogen-bond acceptors (Lipinski definition) is 5. The lowest BCUT2D eigenvalue weighted by molar-refractivity contribution is -0.133. The van der Waals surface area contributed by atoms with E-state index >= 15 is 0 Å². The van der Waals surface area contributed by atoms with Crippen LogP contribution in [0.3, 0.4) is 0 Å². The molecule has 35 heavy (non-hydrogen) atoms. The molecular formula is C27H31N3O5. The van der Waals surface area contributed by atoms with Crippen LogP contribution in [-0.2, 0) is 22.6 Å². The molecule has 3 aromatic rings. The lowest BCUT2D eigenvalue weighted by atomic mass is 9.93. The summed E-state index contributed by atoms with van der Waals surface area (Å²) in [5.74, 6) is 1.07. The third-order valence-electron chi connectivity index (χ3n) is 7.14. The Labute approximate surface area is 204 Å². The van der Waals surface area contributed by atoms with Gasteiger partial charge in [0.1, 0.15) is 22.7 Å². The minimum Gasteiger partial charge on any atom is -0.497 e. The first-order valence-electron chi connectivity index (χ1n) is 11.9. The van der Waals surface area contributed by atoms with Crippen LogP contribution in [-0.4, -0.2) is 60.3 Å². The highest BCUT2D eigenvalue weighted by molar-refractivity contribution is 6.03. The van der Waals surface area contributed by atoms with Crippen molar-refractivity contribution in [2.24, 2.45) is 0 Å². The van der Waals surface area contributed by atoms with Gasteiger partial charge in [-0.2, -0.15) is 0 Å². The van der Waals surface area contributed by atoms with Crippen LogP contribution in [0.5, 0.6) is 11.5 Å². The van der Waals surface area contributed by atoms with Crippen molar-refractivity contribution in [1.82, 2.24) is 14.8 Å². The third-order valence-corrected chi connectivity index (χ3v) is 7.14. The van der Waals surface area contributed by atoms with Gasteiger partial charge in [0.15, 0.2) is 0 Å². The predicted molar refractivity (Wildman–Crippen MR) is 132 cm³/mol. The van der Waals surface area contributed by atoms with E-state index in [2.05, 4.69) is 5.32 Å². The summed E-state index contributed by atoms with van der Waals surface area (Å²) < 4.78 is 18.3. The van der Waals surface area contributed by atoms with Crippen molar-refractivity contribution in [1.29, 1.82) is 0 Å². The van der Waals surface area contributed by atoms with Crippen LogP contribution < -0.4 is 14.8 Å². The number of carbonyl (C=O) groups excluding carboxylic acids is 2. The summed E-state index contributed by atoms with van der Waals surface area (Å²) in [6, 6.07) is 15.2. The molecule has 2 amide bonds. The van der Waals surface area contributed by atoms with E-state index in [1.54, 1.807) is 19.1 Å². The lowest BCUT2D eigenvalue weighted by Gasteiger charge is -2.44. The van der Waals surface area contributed by atoms with E-state index in [-0.39, 0.29) is 17.9 Å². The molecule has 8 heteroatoms. The molecule has 0 radical (unpaired) electrons. The minimum atomic E-state index is -1.10. The SMILES string of the molecule is COc1ccc(CN2C(=O)c3cc4ccc(OC)cc4n3C[C@@]2(C)C(=O)NC[C@H]2CCCO2)cc1. The van der Waals surface area contributed by atoms with Crippen molar-refractivity contribution in [3.05, 3.63) is 59.8 Å². The number of aromatic nitrogens is 1. The Bertz CT molecular complexity index is 1250. The molecule has 2 aliphatic heterocycles. The lowest BCUT2D eigenvalue weighted by Crippen LogP contribution is -2.64. The van der Waals surface area contributed by atoms with E-state index in [1.807, 2.05) is 60.0 Å².